The van der Waals surface area contributed by atoms with Crippen molar-refractivity contribution in [3.63, 3.8) is 0 Å². The first kappa shape index (κ1) is 15.3. The normalized spacial score (nSPS) is 13.0. The smallest absolute Gasteiger partial charge is 0.405 e. The van der Waals surface area contributed by atoms with Gasteiger partial charge in [-0.2, -0.15) is 0 Å². The van der Waals surface area contributed by atoms with Gasteiger partial charge in [-0.1, -0.05) is 36.4 Å². The second kappa shape index (κ2) is 6.13. The van der Waals surface area contributed by atoms with Gasteiger partial charge >= 0.3 is 6.36 Å². The zero-order chi connectivity index (χ0) is 15.5. The number of alkyl halides is 3. The summed E-state index contributed by atoms with van der Waals surface area (Å²) in [6.07, 6.45) is -4.72. The predicted molar refractivity (Wildman–Crippen MR) is 70.2 cm³/mol. The Morgan fingerprint density at radius 2 is 1.62 bits per heavy atom. The van der Waals surface area contributed by atoms with Crippen molar-refractivity contribution in [2.24, 2.45) is 5.73 Å². The Hall–Kier alpha value is -2.08. The summed E-state index contributed by atoms with van der Waals surface area (Å²) in [4.78, 5) is 0. The lowest BCUT2D eigenvalue weighted by Gasteiger charge is -2.18. The molecule has 0 aromatic heterocycles. The van der Waals surface area contributed by atoms with E-state index in [0.29, 0.717) is 5.56 Å². The lowest BCUT2D eigenvalue weighted by atomic mass is 9.98. The summed E-state index contributed by atoms with van der Waals surface area (Å²) < 4.78 is 54.6. The molecule has 0 aliphatic heterocycles. The van der Waals surface area contributed by atoms with Crippen LogP contribution >= 0.6 is 0 Å². The third-order valence-electron chi connectivity index (χ3n) is 2.94. The highest BCUT2D eigenvalue weighted by Crippen LogP contribution is 2.31. The standard InChI is InChI=1S/C15H13F4NO/c16-12-7-3-1-5-10(12)9-13(20)11-6-2-4-8-14(11)21-15(17,18)19/h1-8,13H,9,20H2. The van der Waals surface area contributed by atoms with Gasteiger partial charge in [0.1, 0.15) is 11.6 Å². The summed E-state index contributed by atoms with van der Waals surface area (Å²) in [5.41, 5.74) is 6.42. The van der Waals surface area contributed by atoms with Crippen LogP contribution in [0.3, 0.4) is 0 Å². The second-order valence-corrected chi connectivity index (χ2v) is 4.49. The molecule has 2 aromatic rings. The summed E-state index contributed by atoms with van der Waals surface area (Å²) >= 11 is 0. The Morgan fingerprint density at radius 1 is 1.00 bits per heavy atom. The van der Waals surface area contributed by atoms with E-state index in [-0.39, 0.29) is 17.7 Å². The fourth-order valence-corrected chi connectivity index (χ4v) is 2.02. The van der Waals surface area contributed by atoms with Crippen LogP contribution in [0.4, 0.5) is 17.6 Å². The van der Waals surface area contributed by atoms with Gasteiger partial charge in [-0.25, -0.2) is 4.39 Å². The van der Waals surface area contributed by atoms with E-state index in [1.807, 2.05) is 0 Å². The molecule has 0 spiro atoms. The van der Waals surface area contributed by atoms with Crippen molar-refractivity contribution >= 4 is 0 Å². The lowest BCUT2D eigenvalue weighted by Crippen LogP contribution is -2.21. The molecular weight excluding hydrogens is 286 g/mol. The molecule has 21 heavy (non-hydrogen) atoms. The highest BCUT2D eigenvalue weighted by Gasteiger charge is 2.32. The Labute approximate surface area is 119 Å². The van der Waals surface area contributed by atoms with Crippen molar-refractivity contribution in [3.8, 4) is 5.75 Å². The van der Waals surface area contributed by atoms with Crippen LogP contribution in [0.1, 0.15) is 17.2 Å². The van der Waals surface area contributed by atoms with Gasteiger partial charge in [-0.15, -0.1) is 13.2 Å². The molecule has 2 rings (SSSR count). The maximum Gasteiger partial charge on any atom is 0.573 e. The third kappa shape index (κ3) is 4.19. The van der Waals surface area contributed by atoms with Crippen LogP contribution < -0.4 is 10.5 Å². The van der Waals surface area contributed by atoms with E-state index in [1.165, 1.54) is 30.3 Å². The SMILES string of the molecule is NC(Cc1ccccc1F)c1ccccc1OC(F)(F)F. The minimum Gasteiger partial charge on any atom is -0.405 e. The lowest BCUT2D eigenvalue weighted by molar-refractivity contribution is -0.275. The van der Waals surface area contributed by atoms with Crippen LogP contribution in [0.25, 0.3) is 0 Å². The molecule has 0 radical (unpaired) electrons. The van der Waals surface area contributed by atoms with Crippen LogP contribution in [0.2, 0.25) is 0 Å². The third-order valence-corrected chi connectivity index (χ3v) is 2.94. The van der Waals surface area contributed by atoms with E-state index in [9.17, 15) is 17.6 Å². The number of nitrogens with two attached hydrogens (primary N) is 1. The van der Waals surface area contributed by atoms with Crippen LogP contribution in [0.15, 0.2) is 48.5 Å². The minimum atomic E-state index is -4.80. The molecule has 1 unspecified atom stereocenters. The van der Waals surface area contributed by atoms with Crippen LogP contribution in [-0.2, 0) is 6.42 Å². The molecule has 0 saturated carbocycles. The van der Waals surface area contributed by atoms with Crippen LogP contribution in [0.5, 0.6) is 5.75 Å². The fourth-order valence-electron chi connectivity index (χ4n) is 2.02. The molecule has 0 heterocycles. The molecule has 0 bridgehead atoms. The van der Waals surface area contributed by atoms with Gasteiger partial charge < -0.3 is 10.5 Å². The molecule has 0 aliphatic carbocycles. The molecule has 2 nitrogen and oxygen atoms in total. The quantitative estimate of drug-likeness (QED) is 0.867. The van der Waals surface area contributed by atoms with Crippen molar-refractivity contribution in [1.29, 1.82) is 0 Å². The van der Waals surface area contributed by atoms with E-state index in [4.69, 9.17) is 5.73 Å². The number of para-hydroxylation sites is 1. The van der Waals surface area contributed by atoms with Gasteiger partial charge in [-0.3, -0.25) is 0 Å². The van der Waals surface area contributed by atoms with E-state index in [2.05, 4.69) is 4.74 Å². The van der Waals surface area contributed by atoms with Gasteiger partial charge in [-0.05, 0) is 24.1 Å². The van der Waals surface area contributed by atoms with E-state index < -0.39 is 18.2 Å². The highest BCUT2D eigenvalue weighted by molar-refractivity contribution is 5.37. The second-order valence-electron chi connectivity index (χ2n) is 4.49. The molecule has 0 amide bonds. The van der Waals surface area contributed by atoms with Gasteiger partial charge in [0.05, 0.1) is 0 Å². The van der Waals surface area contributed by atoms with E-state index in [0.717, 1.165) is 0 Å². The zero-order valence-corrected chi connectivity index (χ0v) is 10.9. The summed E-state index contributed by atoms with van der Waals surface area (Å²) in [5, 5.41) is 0. The Bertz CT molecular complexity index is 613. The van der Waals surface area contributed by atoms with Crippen LogP contribution in [0, 0.1) is 5.82 Å². The maximum atomic E-state index is 13.6. The molecule has 112 valence electrons. The molecule has 0 fully saturated rings. The van der Waals surface area contributed by atoms with Gasteiger partial charge in [0, 0.05) is 11.6 Å². The number of benzene rings is 2. The first-order chi connectivity index (χ1) is 9.87. The number of hydrogen-bond acceptors (Lipinski definition) is 2. The predicted octanol–water partition coefficient (Wildman–Crippen LogP) is 3.97. The largest absolute Gasteiger partial charge is 0.573 e. The first-order valence-corrected chi connectivity index (χ1v) is 6.20. The summed E-state index contributed by atoms with van der Waals surface area (Å²) in [5.74, 6) is -0.809. The monoisotopic (exact) mass is 299 g/mol. The average molecular weight is 299 g/mol. The van der Waals surface area contributed by atoms with Crippen LogP contribution in [-0.4, -0.2) is 6.36 Å². The number of halogens is 4. The van der Waals surface area contributed by atoms with E-state index >= 15 is 0 Å². The minimum absolute atomic E-state index is 0.0743. The summed E-state index contributed by atoms with van der Waals surface area (Å²) in [6, 6.07) is 10.8. The fraction of sp³-hybridized carbons (Fsp3) is 0.200. The van der Waals surface area contributed by atoms with Gasteiger partial charge in [0.2, 0.25) is 0 Å². The Kier molecular flexibility index (Phi) is 4.47. The summed E-state index contributed by atoms with van der Waals surface area (Å²) in [7, 11) is 0. The Balaban J connectivity index is 2.23. The average Bonchev–Trinajstić information content (AvgIpc) is 2.40. The van der Waals surface area contributed by atoms with Gasteiger partial charge in [0.25, 0.3) is 0 Å². The van der Waals surface area contributed by atoms with Crippen molar-refractivity contribution in [2.75, 3.05) is 0 Å². The zero-order valence-electron chi connectivity index (χ0n) is 10.9. The first-order valence-electron chi connectivity index (χ1n) is 6.20. The van der Waals surface area contributed by atoms with E-state index in [1.54, 1.807) is 18.2 Å². The molecular formula is C15H13F4NO. The van der Waals surface area contributed by atoms with Crippen molar-refractivity contribution in [3.05, 3.63) is 65.5 Å². The number of ether oxygens (including phenoxy) is 1. The van der Waals surface area contributed by atoms with Crippen molar-refractivity contribution < 1.29 is 22.3 Å². The van der Waals surface area contributed by atoms with Gasteiger partial charge in [0.15, 0.2) is 0 Å². The molecule has 1 atom stereocenters. The molecule has 0 aliphatic rings. The number of rotatable bonds is 4. The molecule has 0 saturated heterocycles. The highest BCUT2D eigenvalue weighted by atomic mass is 19.4. The summed E-state index contributed by atoms with van der Waals surface area (Å²) in [6.45, 7) is 0. The topological polar surface area (TPSA) is 35.2 Å². The van der Waals surface area contributed by atoms with Crippen molar-refractivity contribution in [1.82, 2.24) is 0 Å². The molecule has 2 N–H and O–H groups in total. The molecule has 2 aromatic carbocycles. The number of hydrogen-bond donors (Lipinski definition) is 1. The van der Waals surface area contributed by atoms with Crippen molar-refractivity contribution in [2.45, 2.75) is 18.8 Å². The maximum absolute atomic E-state index is 13.6. The molecule has 6 heteroatoms. The Morgan fingerprint density at radius 3 is 2.29 bits per heavy atom.